The van der Waals surface area contributed by atoms with E-state index < -0.39 is 0 Å². The molecule has 2 aromatic rings. The largest absolute Gasteiger partial charge is 0.289 e. The Bertz CT molecular complexity index is 885. The molecule has 0 aliphatic heterocycles. The number of Topliss-reactive ketones (excluding diaryl/α,β-unsaturated/α-hetero) is 1. The minimum atomic E-state index is 0.0804. The summed E-state index contributed by atoms with van der Waals surface area (Å²) in [4.78, 5) is 12.9. The topological polar surface area (TPSA) is 64.7 Å². The van der Waals surface area contributed by atoms with Crippen LogP contribution in [0.2, 0.25) is 0 Å². The fourth-order valence-electron chi connectivity index (χ4n) is 3.17. The van der Waals surface area contributed by atoms with Gasteiger partial charge in [0.1, 0.15) is 0 Å². The monoisotopic (exact) mass is 338 g/mol. The highest BCUT2D eigenvalue weighted by molar-refractivity contribution is 6.14. The van der Waals surface area contributed by atoms with Gasteiger partial charge in [0.25, 0.3) is 0 Å². The van der Waals surface area contributed by atoms with Crippen LogP contribution < -0.4 is 0 Å². The Kier molecular flexibility index (Phi) is 5.11. The number of ketones is 1. The van der Waals surface area contributed by atoms with E-state index in [2.05, 4.69) is 19.1 Å². The minimum Gasteiger partial charge on any atom is -0.289 e. The zero-order chi connectivity index (χ0) is 18.5. The lowest BCUT2D eigenvalue weighted by molar-refractivity contribution is -0.113. The second-order valence-corrected chi connectivity index (χ2v) is 6.65. The van der Waals surface area contributed by atoms with Gasteiger partial charge < -0.3 is 0 Å². The Hall–Kier alpha value is -3.43. The van der Waals surface area contributed by atoms with Crippen LogP contribution in [0.5, 0.6) is 0 Å². The fraction of sp³-hybridized carbons (Fsp3) is 0.174. The van der Waals surface area contributed by atoms with E-state index in [1.165, 1.54) is 0 Å². The van der Waals surface area contributed by atoms with Gasteiger partial charge in [0.05, 0.1) is 23.3 Å². The Morgan fingerprint density at radius 3 is 1.54 bits per heavy atom. The molecule has 0 radical (unpaired) electrons. The second kappa shape index (κ2) is 7.64. The third-order valence-corrected chi connectivity index (χ3v) is 4.48. The lowest BCUT2D eigenvalue weighted by Crippen LogP contribution is -2.18. The molecule has 126 valence electrons. The van der Waals surface area contributed by atoms with Gasteiger partial charge in [-0.1, -0.05) is 31.2 Å². The lowest BCUT2D eigenvalue weighted by atomic mass is 9.80. The van der Waals surface area contributed by atoms with Gasteiger partial charge in [-0.05, 0) is 66.3 Å². The summed E-state index contributed by atoms with van der Waals surface area (Å²) in [5.41, 5.74) is 4.67. The molecular weight excluding hydrogens is 320 g/mol. The molecule has 0 atom stereocenters. The molecule has 0 unspecified atom stereocenters. The third kappa shape index (κ3) is 3.97. The highest BCUT2D eigenvalue weighted by atomic mass is 16.1. The summed E-state index contributed by atoms with van der Waals surface area (Å²) >= 11 is 0. The lowest BCUT2D eigenvalue weighted by Gasteiger charge is -2.22. The van der Waals surface area contributed by atoms with E-state index in [9.17, 15) is 4.79 Å². The van der Waals surface area contributed by atoms with Crippen molar-refractivity contribution in [2.75, 3.05) is 0 Å². The molecule has 0 bridgehead atoms. The number of carbonyl (C=O) groups is 1. The summed E-state index contributed by atoms with van der Waals surface area (Å²) in [7, 11) is 0. The van der Waals surface area contributed by atoms with Crippen LogP contribution >= 0.6 is 0 Å². The van der Waals surface area contributed by atoms with Crippen LogP contribution in [0.4, 0.5) is 0 Å². The van der Waals surface area contributed by atoms with Gasteiger partial charge in [-0.25, -0.2) is 0 Å². The van der Waals surface area contributed by atoms with Crippen molar-refractivity contribution in [3.8, 4) is 12.1 Å². The number of nitriles is 2. The van der Waals surface area contributed by atoms with Crippen LogP contribution in [0.3, 0.4) is 0 Å². The molecule has 0 saturated heterocycles. The molecule has 3 nitrogen and oxygen atoms in total. The minimum absolute atomic E-state index is 0.0804. The first-order chi connectivity index (χ1) is 12.6. The first-order valence-electron chi connectivity index (χ1n) is 8.55. The molecular formula is C23H18N2O. The van der Waals surface area contributed by atoms with Gasteiger partial charge in [0.2, 0.25) is 0 Å². The number of carbonyl (C=O) groups excluding carboxylic acids is 1. The Morgan fingerprint density at radius 2 is 1.19 bits per heavy atom. The summed E-state index contributed by atoms with van der Waals surface area (Å²) < 4.78 is 0. The number of benzene rings is 2. The molecule has 2 aromatic carbocycles. The maximum atomic E-state index is 12.9. The van der Waals surface area contributed by atoms with Crippen LogP contribution in [0.25, 0.3) is 12.2 Å². The van der Waals surface area contributed by atoms with Crippen molar-refractivity contribution in [1.29, 1.82) is 10.5 Å². The number of hydrogen-bond acceptors (Lipinski definition) is 3. The SMILES string of the molecule is CC1C/C(=C/c2ccc(C#N)cc2)C(=O)/C(=C\c2ccc(C#N)cc2)C1. The zero-order valence-corrected chi connectivity index (χ0v) is 14.6. The van der Waals surface area contributed by atoms with Crippen LogP contribution in [0.15, 0.2) is 59.7 Å². The maximum Gasteiger partial charge on any atom is 0.185 e. The summed E-state index contributed by atoms with van der Waals surface area (Å²) in [6, 6.07) is 18.7. The highest BCUT2D eigenvalue weighted by Crippen LogP contribution is 2.32. The predicted octanol–water partition coefficient (Wildman–Crippen LogP) is 4.90. The van der Waals surface area contributed by atoms with Gasteiger partial charge in [-0.3, -0.25) is 4.79 Å². The van der Waals surface area contributed by atoms with Gasteiger partial charge in [0, 0.05) is 11.1 Å². The van der Waals surface area contributed by atoms with Crippen molar-refractivity contribution in [3.05, 3.63) is 81.9 Å². The first-order valence-corrected chi connectivity index (χ1v) is 8.55. The standard InChI is InChI=1S/C23H18N2O/c1-16-10-21(12-17-2-6-19(14-24)7-3-17)23(26)22(11-16)13-18-4-8-20(15-25)9-5-18/h2-9,12-13,16H,10-11H2,1H3/b21-12-,22-13-. The third-order valence-electron chi connectivity index (χ3n) is 4.48. The van der Waals surface area contributed by atoms with Crippen LogP contribution in [0.1, 0.15) is 42.0 Å². The van der Waals surface area contributed by atoms with Crippen LogP contribution in [-0.2, 0) is 4.79 Å². The van der Waals surface area contributed by atoms with Gasteiger partial charge in [-0.2, -0.15) is 10.5 Å². The van der Waals surface area contributed by atoms with Crippen molar-refractivity contribution < 1.29 is 4.79 Å². The van der Waals surface area contributed by atoms with Crippen molar-refractivity contribution in [2.24, 2.45) is 5.92 Å². The highest BCUT2D eigenvalue weighted by Gasteiger charge is 2.25. The van der Waals surface area contributed by atoms with E-state index in [4.69, 9.17) is 10.5 Å². The van der Waals surface area contributed by atoms with Gasteiger partial charge in [0.15, 0.2) is 5.78 Å². The first kappa shape index (κ1) is 17.4. The van der Waals surface area contributed by atoms with Crippen molar-refractivity contribution in [2.45, 2.75) is 19.8 Å². The summed E-state index contributed by atoms with van der Waals surface area (Å²) in [5.74, 6) is 0.471. The molecule has 1 saturated carbocycles. The maximum absolute atomic E-state index is 12.9. The molecule has 0 spiro atoms. The zero-order valence-electron chi connectivity index (χ0n) is 14.6. The summed E-state index contributed by atoms with van der Waals surface area (Å²) in [5, 5.41) is 17.8. The van der Waals surface area contributed by atoms with E-state index in [0.717, 1.165) is 35.1 Å². The molecule has 0 aromatic heterocycles. The van der Waals surface area contributed by atoms with Crippen molar-refractivity contribution in [3.63, 3.8) is 0 Å². The van der Waals surface area contributed by atoms with Gasteiger partial charge in [-0.15, -0.1) is 0 Å². The molecule has 3 rings (SSSR count). The molecule has 0 amide bonds. The van der Waals surface area contributed by atoms with E-state index in [1.54, 1.807) is 24.3 Å². The smallest absolute Gasteiger partial charge is 0.185 e. The van der Waals surface area contributed by atoms with E-state index in [1.807, 2.05) is 36.4 Å². The number of hydrogen-bond donors (Lipinski definition) is 0. The van der Waals surface area contributed by atoms with Crippen LogP contribution in [0, 0.1) is 28.6 Å². The second-order valence-electron chi connectivity index (χ2n) is 6.65. The average Bonchev–Trinajstić information content (AvgIpc) is 2.66. The quantitative estimate of drug-likeness (QED) is 0.732. The molecule has 3 heteroatoms. The number of rotatable bonds is 2. The van der Waals surface area contributed by atoms with Crippen molar-refractivity contribution in [1.82, 2.24) is 0 Å². The van der Waals surface area contributed by atoms with E-state index in [0.29, 0.717) is 17.0 Å². The number of nitrogens with zero attached hydrogens (tertiary/aromatic N) is 2. The van der Waals surface area contributed by atoms with Crippen LogP contribution in [-0.4, -0.2) is 5.78 Å². The van der Waals surface area contributed by atoms with Gasteiger partial charge >= 0.3 is 0 Å². The number of allylic oxidation sites excluding steroid dienone is 2. The summed E-state index contributed by atoms with van der Waals surface area (Å²) in [6.45, 7) is 2.14. The van der Waals surface area contributed by atoms with E-state index in [-0.39, 0.29) is 5.78 Å². The molecule has 0 N–H and O–H groups in total. The van der Waals surface area contributed by atoms with Crippen molar-refractivity contribution >= 4 is 17.9 Å². The molecule has 1 aliphatic carbocycles. The Labute approximate surface area is 153 Å². The van der Waals surface area contributed by atoms with E-state index >= 15 is 0 Å². The molecule has 26 heavy (non-hydrogen) atoms. The Balaban J connectivity index is 1.89. The molecule has 1 aliphatic rings. The Morgan fingerprint density at radius 1 is 0.808 bits per heavy atom. The normalized spacial score (nSPS) is 20.0. The fourth-order valence-corrected chi connectivity index (χ4v) is 3.17. The molecule has 1 fully saturated rings. The average molecular weight is 338 g/mol. The predicted molar refractivity (Wildman–Crippen MR) is 102 cm³/mol. The summed E-state index contributed by atoms with van der Waals surface area (Å²) in [6.07, 6.45) is 5.35. The molecule has 0 heterocycles.